The van der Waals surface area contributed by atoms with E-state index in [2.05, 4.69) is 20.8 Å². The van der Waals surface area contributed by atoms with Gasteiger partial charge in [-0.3, -0.25) is 0 Å². The van der Waals surface area contributed by atoms with Gasteiger partial charge in [-0.1, -0.05) is 117 Å². The highest BCUT2D eigenvalue weighted by Gasteiger charge is 2.11. The van der Waals surface area contributed by atoms with Crippen molar-refractivity contribution >= 4 is 9.04 Å². The van der Waals surface area contributed by atoms with Gasteiger partial charge in [-0.2, -0.15) is 0 Å². The molecule has 0 fully saturated rings. The summed E-state index contributed by atoms with van der Waals surface area (Å²) >= 11 is 0. The molecule has 0 amide bonds. The fraction of sp³-hybridized carbons (Fsp3) is 1.00. The van der Waals surface area contributed by atoms with Crippen molar-refractivity contribution < 1.29 is 4.43 Å². The molecule has 0 bridgehead atoms. The molecule has 0 saturated carbocycles. The van der Waals surface area contributed by atoms with Gasteiger partial charge < -0.3 is 4.43 Å². The van der Waals surface area contributed by atoms with Crippen LogP contribution in [0.5, 0.6) is 0 Å². The smallest absolute Gasteiger partial charge is 0.211 e. The van der Waals surface area contributed by atoms with Crippen LogP contribution in [0.4, 0.5) is 0 Å². The van der Waals surface area contributed by atoms with Gasteiger partial charge in [0, 0.05) is 6.61 Å². The van der Waals surface area contributed by atoms with Crippen LogP contribution in [0.25, 0.3) is 0 Å². The van der Waals surface area contributed by atoms with E-state index in [1.807, 2.05) is 0 Å². The molecule has 0 aromatic heterocycles. The summed E-state index contributed by atoms with van der Waals surface area (Å²) in [4.78, 5) is 0. The molecule has 0 aliphatic carbocycles. The molecule has 24 heavy (non-hydrogen) atoms. The van der Waals surface area contributed by atoms with Crippen molar-refractivity contribution in [1.82, 2.24) is 0 Å². The standard InChI is InChI=1S/C22H47OSi/c1-4-7-9-11-13-15-17-19-21-24(23-6-3)22-20-18-16-14-12-10-8-5-2/h4-22H2,1-3H3. The fourth-order valence-electron chi connectivity index (χ4n) is 3.39. The largest absolute Gasteiger partial charge is 0.417 e. The van der Waals surface area contributed by atoms with Crippen LogP contribution >= 0.6 is 0 Å². The molecule has 0 N–H and O–H groups in total. The summed E-state index contributed by atoms with van der Waals surface area (Å²) in [5.74, 6) is 0. The molecule has 2 heteroatoms. The summed E-state index contributed by atoms with van der Waals surface area (Å²) in [6.07, 6.45) is 22.9. The average molecular weight is 356 g/mol. The molecule has 0 saturated heterocycles. The average Bonchev–Trinajstić information content (AvgIpc) is 2.59. The van der Waals surface area contributed by atoms with E-state index in [1.165, 1.54) is 115 Å². The van der Waals surface area contributed by atoms with Crippen LogP contribution in [-0.2, 0) is 4.43 Å². The van der Waals surface area contributed by atoms with Gasteiger partial charge in [-0.25, -0.2) is 0 Å². The lowest BCUT2D eigenvalue weighted by Gasteiger charge is -2.14. The zero-order chi connectivity index (χ0) is 17.7. The fourth-order valence-corrected chi connectivity index (χ4v) is 5.62. The Morgan fingerprint density at radius 3 is 1.12 bits per heavy atom. The van der Waals surface area contributed by atoms with Gasteiger partial charge in [0.05, 0.1) is 0 Å². The molecular weight excluding hydrogens is 308 g/mol. The Morgan fingerprint density at radius 2 is 0.792 bits per heavy atom. The van der Waals surface area contributed by atoms with E-state index in [0.29, 0.717) is 0 Å². The number of rotatable bonds is 20. The van der Waals surface area contributed by atoms with Crippen LogP contribution in [0.3, 0.4) is 0 Å². The van der Waals surface area contributed by atoms with Crippen LogP contribution in [0.1, 0.15) is 124 Å². The number of hydrogen-bond donors (Lipinski definition) is 0. The van der Waals surface area contributed by atoms with E-state index in [1.54, 1.807) is 0 Å². The third-order valence-corrected chi connectivity index (χ3v) is 7.49. The maximum Gasteiger partial charge on any atom is 0.211 e. The molecule has 0 aromatic carbocycles. The normalized spacial score (nSPS) is 11.5. The first-order chi connectivity index (χ1) is 11.8. The maximum absolute atomic E-state index is 6.06. The molecule has 1 radical (unpaired) electrons. The third-order valence-electron chi connectivity index (χ3n) is 4.97. The molecule has 0 atom stereocenters. The molecule has 145 valence electrons. The molecule has 0 heterocycles. The number of unbranched alkanes of at least 4 members (excludes halogenated alkanes) is 14. The molecule has 0 unspecified atom stereocenters. The monoisotopic (exact) mass is 355 g/mol. The minimum Gasteiger partial charge on any atom is -0.417 e. The van der Waals surface area contributed by atoms with E-state index in [0.717, 1.165) is 6.61 Å². The topological polar surface area (TPSA) is 9.23 Å². The summed E-state index contributed by atoms with van der Waals surface area (Å²) < 4.78 is 6.06. The summed E-state index contributed by atoms with van der Waals surface area (Å²) in [6.45, 7) is 7.70. The first kappa shape index (κ1) is 24.2. The van der Waals surface area contributed by atoms with Crippen molar-refractivity contribution in [2.45, 2.75) is 136 Å². The van der Waals surface area contributed by atoms with Crippen molar-refractivity contribution in [2.75, 3.05) is 6.61 Å². The van der Waals surface area contributed by atoms with Crippen LogP contribution in [0.2, 0.25) is 12.1 Å². The van der Waals surface area contributed by atoms with Gasteiger partial charge in [0.25, 0.3) is 0 Å². The second-order valence-electron chi connectivity index (χ2n) is 7.42. The van der Waals surface area contributed by atoms with Gasteiger partial charge >= 0.3 is 0 Å². The minimum atomic E-state index is -0.497. The second kappa shape index (κ2) is 21.2. The Bertz CT molecular complexity index is 200. The molecule has 0 aliphatic heterocycles. The van der Waals surface area contributed by atoms with Gasteiger partial charge in [0.15, 0.2) is 0 Å². The SMILES string of the molecule is CCCCCCCCCC[Si](CCCCCCCCCC)OCC. The summed E-state index contributed by atoms with van der Waals surface area (Å²) in [6, 6.07) is 2.79. The lowest BCUT2D eigenvalue weighted by atomic mass is 10.1. The van der Waals surface area contributed by atoms with E-state index in [-0.39, 0.29) is 0 Å². The summed E-state index contributed by atoms with van der Waals surface area (Å²) in [5, 5.41) is 0. The highest BCUT2D eigenvalue weighted by atomic mass is 28.3. The predicted molar refractivity (Wildman–Crippen MR) is 112 cm³/mol. The zero-order valence-corrected chi connectivity index (χ0v) is 18.3. The molecule has 0 rings (SSSR count). The molecule has 0 aliphatic rings. The molecule has 1 nitrogen and oxygen atoms in total. The lowest BCUT2D eigenvalue weighted by Crippen LogP contribution is -2.17. The van der Waals surface area contributed by atoms with E-state index >= 15 is 0 Å². The van der Waals surface area contributed by atoms with Gasteiger partial charge in [0.2, 0.25) is 9.04 Å². The highest BCUT2D eigenvalue weighted by molar-refractivity contribution is 6.51. The Hall–Kier alpha value is 0.177. The van der Waals surface area contributed by atoms with Crippen LogP contribution in [0.15, 0.2) is 0 Å². The minimum absolute atomic E-state index is 0.497. The molecule has 0 spiro atoms. The highest BCUT2D eigenvalue weighted by Crippen LogP contribution is 2.16. The van der Waals surface area contributed by atoms with Gasteiger partial charge in [-0.05, 0) is 19.0 Å². The van der Waals surface area contributed by atoms with Crippen LogP contribution in [-0.4, -0.2) is 15.6 Å². The van der Waals surface area contributed by atoms with Crippen LogP contribution in [0, 0.1) is 0 Å². The number of hydrogen-bond acceptors (Lipinski definition) is 1. The second-order valence-corrected chi connectivity index (χ2v) is 9.79. The van der Waals surface area contributed by atoms with Crippen molar-refractivity contribution in [3.05, 3.63) is 0 Å². The Balaban J connectivity index is 3.43. The van der Waals surface area contributed by atoms with E-state index < -0.39 is 9.04 Å². The van der Waals surface area contributed by atoms with Crippen molar-refractivity contribution in [3.63, 3.8) is 0 Å². The van der Waals surface area contributed by atoms with Crippen LogP contribution < -0.4 is 0 Å². The zero-order valence-electron chi connectivity index (χ0n) is 17.3. The maximum atomic E-state index is 6.06. The van der Waals surface area contributed by atoms with Crippen molar-refractivity contribution in [1.29, 1.82) is 0 Å². The summed E-state index contributed by atoms with van der Waals surface area (Å²) in [7, 11) is -0.497. The first-order valence-electron chi connectivity index (χ1n) is 11.3. The Morgan fingerprint density at radius 1 is 0.458 bits per heavy atom. The van der Waals surface area contributed by atoms with E-state index in [9.17, 15) is 0 Å². The van der Waals surface area contributed by atoms with Crippen molar-refractivity contribution in [2.24, 2.45) is 0 Å². The van der Waals surface area contributed by atoms with Gasteiger partial charge in [-0.15, -0.1) is 0 Å². The Kier molecular flexibility index (Phi) is 21.4. The summed E-state index contributed by atoms with van der Waals surface area (Å²) in [5.41, 5.74) is 0. The Labute approximate surface area is 156 Å². The lowest BCUT2D eigenvalue weighted by molar-refractivity contribution is 0.338. The van der Waals surface area contributed by atoms with Gasteiger partial charge in [0.1, 0.15) is 0 Å². The third kappa shape index (κ3) is 18.5. The van der Waals surface area contributed by atoms with Crippen molar-refractivity contribution in [3.8, 4) is 0 Å². The predicted octanol–water partition coefficient (Wildman–Crippen LogP) is 8.30. The van der Waals surface area contributed by atoms with E-state index in [4.69, 9.17) is 4.43 Å². The molecule has 0 aromatic rings. The molecular formula is C22H47OSi. The first-order valence-corrected chi connectivity index (χ1v) is 13.1. The quantitative estimate of drug-likeness (QED) is 0.158.